The van der Waals surface area contributed by atoms with E-state index in [2.05, 4.69) is 26.2 Å². The second-order valence-electron chi connectivity index (χ2n) is 2.37. The van der Waals surface area contributed by atoms with Gasteiger partial charge in [-0.1, -0.05) is 21.1 Å². The average Bonchev–Trinajstić information content (AvgIpc) is 2.46. The normalized spacial score (nSPS) is 10.8. The van der Waals surface area contributed by atoms with Crippen molar-refractivity contribution in [1.82, 2.24) is 14.8 Å². The summed E-state index contributed by atoms with van der Waals surface area (Å²) >= 11 is 3.33. The van der Waals surface area contributed by atoms with Gasteiger partial charge in [-0.2, -0.15) is 0 Å². The van der Waals surface area contributed by atoms with Crippen LogP contribution in [-0.4, -0.2) is 19.9 Å². The highest BCUT2D eigenvalue weighted by Crippen LogP contribution is 2.14. The lowest BCUT2D eigenvalue weighted by Crippen LogP contribution is -1.86. The summed E-state index contributed by atoms with van der Waals surface area (Å²) in [6, 6.07) is 3.73. The highest BCUT2D eigenvalue weighted by molar-refractivity contribution is 9.10. The van der Waals surface area contributed by atoms with Gasteiger partial charge in [0.1, 0.15) is 5.69 Å². The van der Waals surface area contributed by atoms with Crippen molar-refractivity contribution >= 4 is 21.4 Å². The third-order valence-electron chi connectivity index (χ3n) is 1.60. The summed E-state index contributed by atoms with van der Waals surface area (Å²) in [5, 5.41) is 16.5. The van der Waals surface area contributed by atoms with Crippen LogP contribution in [0.2, 0.25) is 0 Å². The molecule has 0 amide bonds. The van der Waals surface area contributed by atoms with Gasteiger partial charge >= 0.3 is 0 Å². The average molecular weight is 228 g/mol. The molecule has 0 bridgehead atoms. The zero-order valence-electron chi connectivity index (χ0n) is 6.11. The number of aromatic nitrogens is 3. The maximum absolute atomic E-state index is 8.88. The molecule has 5 heteroatoms. The van der Waals surface area contributed by atoms with Crippen molar-refractivity contribution in [2.75, 3.05) is 0 Å². The van der Waals surface area contributed by atoms with Crippen molar-refractivity contribution in [2.24, 2.45) is 0 Å². The lowest BCUT2D eigenvalue weighted by atomic mass is 10.3. The molecule has 1 N–H and O–H groups in total. The highest BCUT2D eigenvalue weighted by atomic mass is 79.9. The Labute approximate surface area is 77.0 Å². The van der Waals surface area contributed by atoms with Crippen molar-refractivity contribution in [1.29, 1.82) is 0 Å². The van der Waals surface area contributed by atoms with Crippen molar-refractivity contribution in [3.05, 3.63) is 28.5 Å². The number of nitrogens with zero attached hydrogens (tertiary/aromatic N) is 3. The van der Waals surface area contributed by atoms with Crippen LogP contribution in [0.15, 0.2) is 22.8 Å². The molecule has 0 unspecified atom stereocenters. The smallest absolute Gasteiger partial charge is 0.116 e. The van der Waals surface area contributed by atoms with Crippen molar-refractivity contribution in [3.8, 4) is 0 Å². The first kappa shape index (κ1) is 7.70. The standard InChI is InChI=1S/C7H6BrN3O/c8-5-1-2-11-7(3-5)6(4-12)9-10-11/h1-3,12H,4H2. The summed E-state index contributed by atoms with van der Waals surface area (Å²) < 4.78 is 2.57. The lowest BCUT2D eigenvalue weighted by molar-refractivity contribution is 0.278. The summed E-state index contributed by atoms with van der Waals surface area (Å²) in [6.07, 6.45) is 1.78. The molecule has 0 aromatic carbocycles. The Morgan fingerprint density at radius 3 is 3.17 bits per heavy atom. The Kier molecular flexibility index (Phi) is 1.82. The fraction of sp³-hybridized carbons (Fsp3) is 0.143. The highest BCUT2D eigenvalue weighted by Gasteiger charge is 2.03. The number of fused-ring (bicyclic) bond motifs is 1. The molecule has 0 aliphatic rings. The molecule has 0 saturated heterocycles. The minimum Gasteiger partial charge on any atom is -0.390 e. The fourth-order valence-electron chi connectivity index (χ4n) is 1.03. The van der Waals surface area contributed by atoms with Gasteiger partial charge in [0.2, 0.25) is 0 Å². The van der Waals surface area contributed by atoms with Gasteiger partial charge in [0, 0.05) is 10.7 Å². The van der Waals surface area contributed by atoms with Crippen LogP contribution in [-0.2, 0) is 6.61 Å². The number of rotatable bonds is 1. The number of pyridine rings is 1. The first-order chi connectivity index (χ1) is 5.81. The van der Waals surface area contributed by atoms with Crippen molar-refractivity contribution < 1.29 is 5.11 Å². The largest absolute Gasteiger partial charge is 0.390 e. The van der Waals surface area contributed by atoms with Crippen molar-refractivity contribution in [3.63, 3.8) is 0 Å². The number of halogens is 1. The third kappa shape index (κ3) is 1.11. The molecule has 2 aromatic rings. The van der Waals surface area contributed by atoms with E-state index < -0.39 is 0 Å². The van der Waals surface area contributed by atoms with Crippen LogP contribution in [0, 0.1) is 0 Å². The van der Waals surface area contributed by atoms with Gasteiger partial charge in [-0.05, 0) is 12.1 Å². The van der Waals surface area contributed by atoms with E-state index >= 15 is 0 Å². The molecule has 0 radical (unpaired) electrons. The quantitative estimate of drug-likeness (QED) is 0.791. The Morgan fingerprint density at radius 1 is 1.58 bits per heavy atom. The molecular weight excluding hydrogens is 222 g/mol. The molecule has 2 heterocycles. The predicted molar refractivity (Wildman–Crippen MR) is 46.6 cm³/mol. The van der Waals surface area contributed by atoms with Crippen LogP contribution in [0.3, 0.4) is 0 Å². The first-order valence-corrected chi connectivity index (χ1v) is 4.21. The van der Waals surface area contributed by atoms with Crippen molar-refractivity contribution in [2.45, 2.75) is 6.61 Å². The molecule has 12 heavy (non-hydrogen) atoms. The van der Waals surface area contributed by atoms with Gasteiger partial charge < -0.3 is 5.11 Å². The number of aliphatic hydroxyl groups excluding tert-OH is 1. The summed E-state index contributed by atoms with van der Waals surface area (Å²) in [5.41, 5.74) is 1.42. The minimum atomic E-state index is -0.0834. The maximum Gasteiger partial charge on any atom is 0.116 e. The Bertz CT molecular complexity index is 412. The summed E-state index contributed by atoms with van der Waals surface area (Å²) in [4.78, 5) is 0. The molecule has 0 aliphatic heterocycles. The van der Waals surface area contributed by atoms with E-state index in [4.69, 9.17) is 5.11 Å². The van der Waals surface area contributed by atoms with E-state index in [1.807, 2.05) is 12.1 Å². The summed E-state index contributed by atoms with van der Waals surface area (Å²) in [7, 11) is 0. The van der Waals surface area contributed by atoms with E-state index in [0.29, 0.717) is 5.69 Å². The third-order valence-corrected chi connectivity index (χ3v) is 2.10. The SMILES string of the molecule is OCc1nnn2ccc(Br)cc12. The Balaban J connectivity index is 2.75. The zero-order chi connectivity index (χ0) is 8.55. The lowest BCUT2D eigenvalue weighted by Gasteiger charge is -1.93. The van der Waals surface area contributed by atoms with E-state index in [1.165, 1.54) is 0 Å². The summed E-state index contributed by atoms with van der Waals surface area (Å²) in [5.74, 6) is 0. The molecule has 0 fully saturated rings. The summed E-state index contributed by atoms with van der Waals surface area (Å²) in [6.45, 7) is -0.0834. The topological polar surface area (TPSA) is 50.4 Å². The van der Waals surface area contributed by atoms with E-state index in [0.717, 1.165) is 9.99 Å². The molecule has 0 spiro atoms. The van der Waals surface area contributed by atoms with E-state index in [1.54, 1.807) is 10.7 Å². The second-order valence-corrected chi connectivity index (χ2v) is 3.28. The van der Waals surface area contributed by atoms with Gasteiger partial charge in [-0.3, -0.25) is 0 Å². The van der Waals surface area contributed by atoms with Crippen LogP contribution in [0.25, 0.3) is 5.52 Å². The Hall–Kier alpha value is -0.940. The van der Waals surface area contributed by atoms with Gasteiger partial charge in [0.15, 0.2) is 0 Å². The first-order valence-electron chi connectivity index (χ1n) is 3.41. The van der Waals surface area contributed by atoms with Gasteiger partial charge in [0.05, 0.1) is 12.1 Å². The number of aliphatic hydroxyl groups is 1. The minimum absolute atomic E-state index is 0.0834. The molecule has 0 saturated carbocycles. The van der Waals surface area contributed by atoms with E-state index in [9.17, 15) is 0 Å². The molecule has 0 aliphatic carbocycles. The van der Waals surface area contributed by atoms with Crippen LogP contribution in [0.1, 0.15) is 5.69 Å². The predicted octanol–water partition coefficient (Wildman–Crippen LogP) is 0.984. The molecule has 2 aromatic heterocycles. The monoisotopic (exact) mass is 227 g/mol. The molecular formula is C7H6BrN3O. The molecule has 2 rings (SSSR count). The zero-order valence-corrected chi connectivity index (χ0v) is 7.69. The van der Waals surface area contributed by atoms with Crippen LogP contribution in [0.5, 0.6) is 0 Å². The van der Waals surface area contributed by atoms with Crippen LogP contribution >= 0.6 is 15.9 Å². The van der Waals surface area contributed by atoms with Crippen LogP contribution < -0.4 is 0 Å². The fourth-order valence-corrected chi connectivity index (χ4v) is 1.36. The number of hydrogen-bond acceptors (Lipinski definition) is 3. The van der Waals surface area contributed by atoms with Gasteiger partial charge in [0.25, 0.3) is 0 Å². The number of hydrogen-bond donors (Lipinski definition) is 1. The second kappa shape index (κ2) is 2.84. The van der Waals surface area contributed by atoms with E-state index in [-0.39, 0.29) is 6.61 Å². The van der Waals surface area contributed by atoms with Gasteiger partial charge in [-0.25, -0.2) is 4.52 Å². The molecule has 0 atom stereocenters. The maximum atomic E-state index is 8.88. The molecule has 4 nitrogen and oxygen atoms in total. The van der Waals surface area contributed by atoms with Crippen LogP contribution in [0.4, 0.5) is 0 Å². The Morgan fingerprint density at radius 2 is 2.42 bits per heavy atom. The molecule has 62 valence electrons. The van der Waals surface area contributed by atoms with Gasteiger partial charge in [-0.15, -0.1) is 5.10 Å².